The van der Waals surface area contributed by atoms with E-state index >= 15 is 0 Å². The predicted octanol–water partition coefficient (Wildman–Crippen LogP) is 2.46. The Labute approximate surface area is 136 Å². The Hall–Kier alpha value is -2.34. The fourth-order valence-electron chi connectivity index (χ4n) is 2.38. The average molecular weight is 316 g/mol. The van der Waals surface area contributed by atoms with Crippen molar-refractivity contribution in [1.82, 2.24) is 15.1 Å². The minimum absolute atomic E-state index is 0.0488. The lowest BCUT2D eigenvalue weighted by Gasteiger charge is -2.21. The van der Waals surface area contributed by atoms with E-state index in [-0.39, 0.29) is 24.6 Å². The highest BCUT2D eigenvalue weighted by atomic mass is 16.3. The first-order valence-electron chi connectivity index (χ1n) is 7.83. The number of aliphatic hydroxyl groups excluding tert-OH is 1. The second-order valence-electron chi connectivity index (χ2n) is 5.87. The molecule has 0 saturated heterocycles. The van der Waals surface area contributed by atoms with Crippen molar-refractivity contribution in [1.29, 1.82) is 0 Å². The summed E-state index contributed by atoms with van der Waals surface area (Å²) in [4.78, 5) is 12.1. The van der Waals surface area contributed by atoms with Crippen LogP contribution in [0.2, 0.25) is 0 Å². The molecule has 1 atom stereocenters. The first-order valence-corrected chi connectivity index (χ1v) is 7.83. The van der Waals surface area contributed by atoms with Crippen LogP contribution in [0.4, 0.5) is 10.5 Å². The fourth-order valence-corrected chi connectivity index (χ4v) is 2.38. The van der Waals surface area contributed by atoms with Gasteiger partial charge in [-0.3, -0.25) is 4.68 Å². The molecule has 2 aromatic rings. The van der Waals surface area contributed by atoms with Gasteiger partial charge >= 0.3 is 6.03 Å². The number of amides is 2. The molecule has 0 aliphatic carbocycles. The smallest absolute Gasteiger partial charge is 0.319 e. The number of nitrogens with one attached hydrogen (secondary N) is 2. The molecule has 0 aliphatic heterocycles. The molecule has 0 bridgehead atoms. The van der Waals surface area contributed by atoms with Crippen LogP contribution in [0.25, 0.3) is 0 Å². The molecule has 6 heteroatoms. The summed E-state index contributed by atoms with van der Waals surface area (Å²) in [6.45, 7) is 4.75. The molecule has 0 fully saturated rings. The lowest BCUT2D eigenvalue weighted by atomic mass is 10.0. The van der Waals surface area contributed by atoms with E-state index in [1.165, 1.54) is 0 Å². The molecule has 2 rings (SSSR count). The summed E-state index contributed by atoms with van der Waals surface area (Å²) in [6, 6.07) is 9.25. The number of aromatic nitrogens is 2. The van der Waals surface area contributed by atoms with Gasteiger partial charge in [-0.25, -0.2) is 4.79 Å². The molecule has 0 saturated carbocycles. The highest BCUT2D eigenvalue weighted by Gasteiger charge is 2.15. The number of carbonyl (C=O) groups excluding carboxylic acids is 1. The SMILES string of the molecule is CC(C)[C@H](CCO)NC(=O)Nc1cccc(Cn2cccn2)c1. The Kier molecular flexibility index (Phi) is 6.17. The zero-order valence-corrected chi connectivity index (χ0v) is 13.6. The van der Waals surface area contributed by atoms with Gasteiger partial charge in [0.05, 0.1) is 6.54 Å². The number of rotatable bonds is 7. The van der Waals surface area contributed by atoms with Gasteiger partial charge in [-0.2, -0.15) is 5.10 Å². The number of nitrogens with zero attached hydrogens (tertiary/aromatic N) is 2. The van der Waals surface area contributed by atoms with Crippen LogP contribution in [0.15, 0.2) is 42.7 Å². The molecule has 1 heterocycles. The molecule has 0 radical (unpaired) electrons. The second-order valence-corrected chi connectivity index (χ2v) is 5.87. The van der Waals surface area contributed by atoms with Crippen LogP contribution in [0, 0.1) is 5.92 Å². The van der Waals surface area contributed by atoms with Crippen molar-refractivity contribution >= 4 is 11.7 Å². The maximum atomic E-state index is 12.1. The van der Waals surface area contributed by atoms with Crippen molar-refractivity contribution in [3.63, 3.8) is 0 Å². The van der Waals surface area contributed by atoms with Crippen LogP contribution < -0.4 is 10.6 Å². The normalized spacial score (nSPS) is 12.2. The van der Waals surface area contributed by atoms with Crippen LogP contribution >= 0.6 is 0 Å². The van der Waals surface area contributed by atoms with E-state index in [0.717, 1.165) is 11.3 Å². The number of hydrogen-bond acceptors (Lipinski definition) is 3. The fraction of sp³-hybridized carbons (Fsp3) is 0.412. The maximum Gasteiger partial charge on any atom is 0.319 e. The molecule has 2 amide bonds. The average Bonchev–Trinajstić information content (AvgIpc) is 3.00. The summed E-state index contributed by atoms with van der Waals surface area (Å²) in [7, 11) is 0. The third kappa shape index (κ3) is 5.41. The number of urea groups is 1. The zero-order valence-electron chi connectivity index (χ0n) is 13.6. The lowest BCUT2D eigenvalue weighted by molar-refractivity contribution is 0.227. The number of hydrogen-bond donors (Lipinski definition) is 3. The Balaban J connectivity index is 1.95. The third-order valence-corrected chi connectivity index (χ3v) is 3.65. The standard InChI is InChI=1S/C17H24N4O2/c1-13(2)16(7-10-22)20-17(23)19-15-6-3-5-14(11-15)12-21-9-4-8-18-21/h3-6,8-9,11,13,16,22H,7,10,12H2,1-2H3,(H2,19,20,23)/t16-/m0/s1. The number of anilines is 1. The van der Waals surface area contributed by atoms with E-state index in [0.29, 0.717) is 13.0 Å². The van der Waals surface area contributed by atoms with E-state index in [2.05, 4.69) is 15.7 Å². The van der Waals surface area contributed by atoms with E-state index in [1.54, 1.807) is 6.20 Å². The highest BCUT2D eigenvalue weighted by molar-refractivity contribution is 5.89. The van der Waals surface area contributed by atoms with Gasteiger partial charge in [0, 0.05) is 30.7 Å². The quantitative estimate of drug-likeness (QED) is 0.734. The Morgan fingerprint density at radius 2 is 2.17 bits per heavy atom. The second kappa shape index (κ2) is 8.33. The molecule has 1 aromatic heterocycles. The summed E-state index contributed by atoms with van der Waals surface area (Å²) in [5, 5.41) is 19.0. The van der Waals surface area contributed by atoms with Gasteiger partial charge in [0.2, 0.25) is 0 Å². The first-order chi connectivity index (χ1) is 11.1. The zero-order chi connectivity index (χ0) is 16.7. The molecular formula is C17H24N4O2. The summed E-state index contributed by atoms with van der Waals surface area (Å²) < 4.78 is 1.83. The van der Waals surface area contributed by atoms with E-state index < -0.39 is 0 Å². The maximum absolute atomic E-state index is 12.1. The van der Waals surface area contributed by atoms with Crippen LogP contribution in [0.5, 0.6) is 0 Å². The van der Waals surface area contributed by atoms with Crippen molar-refractivity contribution in [2.24, 2.45) is 5.92 Å². The minimum atomic E-state index is -0.256. The summed E-state index contributed by atoms with van der Waals surface area (Å²) in [5.41, 5.74) is 1.79. The predicted molar refractivity (Wildman–Crippen MR) is 90.3 cm³/mol. The Morgan fingerprint density at radius 1 is 1.35 bits per heavy atom. The lowest BCUT2D eigenvalue weighted by Crippen LogP contribution is -2.41. The van der Waals surface area contributed by atoms with Crippen LogP contribution in [0.1, 0.15) is 25.8 Å². The molecule has 0 spiro atoms. The summed E-state index contributed by atoms with van der Waals surface area (Å²) in [6.07, 6.45) is 4.18. The van der Waals surface area contributed by atoms with Gasteiger partial charge in [0.25, 0.3) is 0 Å². The van der Waals surface area contributed by atoms with Crippen molar-refractivity contribution < 1.29 is 9.90 Å². The summed E-state index contributed by atoms with van der Waals surface area (Å²) >= 11 is 0. The topological polar surface area (TPSA) is 79.2 Å². The number of aliphatic hydroxyl groups is 1. The number of benzene rings is 1. The van der Waals surface area contributed by atoms with Crippen LogP contribution in [-0.4, -0.2) is 33.6 Å². The minimum Gasteiger partial charge on any atom is -0.396 e. The van der Waals surface area contributed by atoms with Gasteiger partial charge in [-0.1, -0.05) is 26.0 Å². The van der Waals surface area contributed by atoms with Gasteiger partial charge in [0.15, 0.2) is 0 Å². The van der Waals surface area contributed by atoms with Gasteiger partial charge in [0.1, 0.15) is 0 Å². The molecule has 3 N–H and O–H groups in total. The van der Waals surface area contributed by atoms with E-state index in [1.807, 2.05) is 55.1 Å². The monoisotopic (exact) mass is 316 g/mol. The van der Waals surface area contributed by atoms with Crippen molar-refractivity contribution in [2.45, 2.75) is 32.9 Å². The molecule has 6 nitrogen and oxygen atoms in total. The molecule has 0 aliphatic rings. The van der Waals surface area contributed by atoms with Crippen molar-refractivity contribution in [3.05, 3.63) is 48.3 Å². The molecule has 1 aromatic carbocycles. The molecule has 0 unspecified atom stereocenters. The number of carbonyl (C=O) groups is 1. The van der Waals surface area contributed by atoms with E-state index in [4.69, 9.17) is 5.11 Å². The van der Waals surface area contributed by atoms with Gasteiger partial charge in [-0.05, 0) is 36.1 Å². The van der Waals surface area contributed by atoms with Crippen LogP contribution in [-0.2, 0) is 6.54 Å². The third-order valence-electron chi connectivity index (χ3n) is 3.65. The molecule has 124 valence electrons. The first kappa shape index (κ1) is 17.0. The van der Waals surface area contributed by atoms with Crippen LogP contribution in [0.3, 0.4) is 0 Å². The Morgan fingerprint density at radius 3 is 2.83 bits per heavy atom. The van der Waals surface area contributed by atoms with Crippen molar-refractivity contribution in [3.8, 4) is 0 Å². The van der Waals surface area contributed by atoms with E-state index in [9.17, 15) is 4.79 Å². The van der Waals surface area contributed by atoms with Crippen molar-refractivity contribution in [2.75, 3.05) is 11.9 Å². The van der Waals surface area contributed by atoms with Gasteiger partial charge in [-0.15, -0.1) is 0 Å². The summed E-state index contributed by atoms with van der Waals surface area (Å²) in [5.74, 6) is 0.263. The molecular weight excluding hydrogens is 292 g/mol. The largest absolute Gasteiger partial charge is 0.396 e. The molecule has 23 heavy (non-hydrogen) atoms. The highest BCUT2D eigenvalue weighted by Crippen LogP contribution is 2.12. The van der Waals surface area contributed by atoms with Gasteiger partial charge < -0.3 is 15.7 Å². The Bertz CT molecular complexity index is 611.